The van der Waals surface area contributed by atoms with E-state index in [1.165, 1.54) is 6.07 Å². The SMILES string of the molecule is O=Ic1c(O)cc(Br)cc1Br.O=P(O)(O)O. The third-order valence-corrected chi connectivity index (χ3v) is 4.45. The van der Waals surface area contributed by atoms with Crippen molar-refractivity contribution in [3.05, 3.63) is 24.6 Å². The normalized spacial score (nSPS) is 10.6. The molecule has 0 aliphatic heterocycles. The van der Waals surface area contributed by atoms with Gasteiger partial charge in [0.05, 0.1) is 0 Å². The fraction of sp³-hybridized carbons (Fsp3) is 0. The van der Waals surface area contributed by atoms with Gasteiger partial charge in [-0.25, -0.2) is 4.57 Å². The summed E-state index contributed by atoms with van der Waals surface area (Å²) in [7, 11) is -4.64. The molecule has 0 radical (unpaired) electrons. The van der Waals surface area contributed by atoms with Crippen LogP contribution in [0.3, 0.4) is 0 Å². The minimum atomic E-state index is -4.64. The quantitative estimate of drug-likeness (QED) is 0.273. The minimum absolute atomic E-state index is 0.0778. The number of benzene rings is 1. The van der Waals surface area contributed by atoms with Gasteiger partial charge in [0.25, 0.3) is 0 Å². The van der Waals surface area contributed by atoms with Gasteiger partial charge in [0.1, 0.15) is 9.32 Å². The van der Waals surface area contributed by atoms with Crippen LogP contribution >= 0.6 is 60.9 Å². The molecule has 92 valence electrons. The van der Waals surface area contributed by atoms with Crippen molar-refractivity contribution in [1.29, 1.82) is 0 Å². The maximum Gasteiger partial charge on any atom is 0.466 e. The van der Waals surface area contributed by atoms with Crippen LogP contribution in [-0.4, -0.2) is 19.8 Å². The lowest BCUT2D eigenvalue weighted by molar-refractivity contribution is 0.275. The number of phenolic OH excluding ortho intramolecular Hbond substituents is 1. The Hall–Kier alpha value is 0.620. The number of hydrogen-bond donors (Lipinski definition) is 4. The molecule has 0 unspecified atom stereocenters. The van der Waals surface area contributed by atoms with Crippen molar-refractivity contribution in [3.8, 4) is 5.75 Å². The van der Waals surface area contributed by atoms with Crippen molar-refractivity contribution in [1.82, 2.24) is 0 Å². The monoisotopic (exact) mass is 490 g/mol. The van der Waals surface area contributed by atoms with Crippen molar-refractivity contribution in [3.63, 3.8) is 0 Å². The molecule has 1 aromatic carbocycles. The molecule has 0 atom stereocenters. The number of phenols is 1. The maximum atomic E-state index is 10.6. The number of hydrogen-bond acceptors (Lipinski definition) is 3. The van der Waals surface area contributed by atoms with Crippen molar-refractivity contribution in [2.45, 2.75) is 0 Å². The smallest absolute Gasteiger partial charge is 0.466 e. The summed E-state index contributed by atoms with van der Waals surface area (Å²) in [6, 6.07) is 3.28. The van der Waals surface area contributed by atoms with E-state index in [0.29, 0.717) is 8.04 Å². The molecule has 1 rings (SSSR count). The largest absolute Gasteiger partial charge is 0.507 e. The fourth-order valence-electron chi connectivity index (χ4n) is 0.619. The second-order valence-corrected chi connectivity index (χ2v) is 6.63. The van der Waals surface area contributed by atoms with Crippen LogP contribution in [0.25, 0.3) is 0 Å². The minimum Gasteiger partial charge on any atom is -0.507 e. The Balaban J connectivity index is 0.000000385. The highest BCUT2D eigenvalue weighted by Gasteiger charge is 2.06. The van der Waals surface area contributed by atoms with Crippen LogP contribution < -0.4 is 0 Å². The van der Waals surface area contributed by atoms with E-state index in [9.17, 15) is 8.18 Å². The van der Waals surface area contributed by atoms with E-state index < -0.39 is 29.0 Å². The third-order valence-electron chi connectivity index (χ3n) is 1.05. The van der Waals surface area contributed by atoms with E-state index in [0.717, 1.165) is 4.47 Å². The molecule has 0 aliphatic carbocycles. The van der Waals surface area contributed by atoms with E-state index in [-0.39, 0.29) is 5.75 Å². The molecule has 0 saturated carbocycles. The first kappa shape index (κ1) is 16.6. The first-order valence-corrected chi connectivity index (χ1v) is 8.49. The van der Waals surface area contributed by atoms with E-state index in [4.69, 9.17) is 19.2 Å². The van der Waals surface area contributed by atoms with Crippen LogP contribution in [0.4, 0.5) is 0 Å². The summed E-state index contributed by atoms with van der Waals surface area (Å²) in [4.78, 5) is 21.6. The average Bonchev–Trinajstić information content (AvgIpc) is 1.99. The summed E-state index contributed by atoms with van der Waals surface area (Å²) < 4.78 is 21.4. The van der Waals surface area contributed by atoms with Crippen LogP contribution in [0.1, 0.15) is 0 Å². The highest BCUT2D eigenvalue weighted by atomic mass is 127. The predicted molar refractivity (Wildman–Crippen MR) is 71.2 cm³/mol. The zero-order valence-corrected chi connectivity index (χ0v) is 13.6. The highest BCUT2D eigenvalue weighted by molar-refractivity contribution is 14.1. The number of rotatable bonds is 1. The molecule has 0 bridgehead atoms. The van der Waals surface area contributed by atoms with Gasteiger partial charge in [0.2, 0.25) is 0 Å². The molecule has 0 spiro atoms. The van der Waals surface area contributed by atoms with Crippen molar-refractivity contribution in [2.75, 3.05) is 0 Å². The number of phosphoric acid groups is 1. The Morgan fingerprint density at radius 1 is 1.19 bits per heavy atom. The Kier molecular flexibility index (Phi) is 7.42. The third kappa shape index (κ3) is 7.82. The molecule has 0 saturated heterocycles. The standard InChI is InChI=1S/C6H3Br2IO2.H3O4P/c7-3-1-4(8)6(9-11)5(10)2-3;1-5(2,3)4/h1-2,10H;(H3,1,2,3,4). The Labute approximate surface area is 118 Å². The van der Waals surface area contributed by atoms with E-state index in [2.05, 4.69) is 31.9 Å². The fourth-order valence-corrected chi connectivity index (χ4v) is 2.98. The molecule has 4 N–H and O–H groups in total. The molecule has 0 fully saturated rings. The molecule has 0 aromatic heterocycles. The van der Waals surface area contributed by atoms with Gasteiger partial charge in [-0.15, -0.1) is 0 Å². The van der Waals surface area contributed by atoms with Crippen molar-refractivity contribution >= 4 is 60.9 Å². The van der Waals surface area contributed by atoms with Gasteiger partial charge in [-0.05, 0) is 28.1 Å². The predicted octanol–water partition coefficient (Wildman–Crippen LogP) is 2.47. The van der Waals surface area contributed by atoms with Gasteiger partial charge < -0.3 is 19.8 Å². The van der Waals surface area contributed by atoms with E-state index >= 15 is 0 Å². The maximum absolute atomic E-state index is 10.6. The molecule has 0 heterocycles. The van der Waals surface area contributed by atoms with Gasteiger partial charge in [-0.3, -0.25) is 3.07 Å². The lowest BCUT2D eigenvalue weighted by atomic mass is 10.3. The summed E-state index contributed by atoms with van der Waals surface area (Å²) in [5, 5.41) is 9.24. The summed E-state index contributed by atoms with van der Waals surface area (Å²) in [6.07, 6.45) is 0. The molecule has 0 amide bonds. The van der Waals surface area contributed by atoms with Gasteiger partial charge in [-0.1, -0.05) is 15.9 Å². The molecule has 10 heteroatoms. The first-order chi connectivity index (χ1) is 7.15. The van der Waals surface area contributed by atoms with Crippen molar-refractivity contribution < 1.29 is 27.4 Å². The molecule has 1 aromatic rings. The van der Waals surface area contributed by atoms with Gasteiger partial charge in [0, 0.05) is 8.95 Å². The molecule has 0 aliphatic rings. The van der Waals surface area contributed by atoms with E-state index in [1.807, 2.05) is 0 Å². The van der Waals surface area contributed by atoms with Crippen LogP contribution in [-0.2, 0) is 7.63 Å². The van der Waals surface area contributed by atoms with Crippen LogP contribution in [0.2, 0.25) is 0 Å². The zero-order valence-electron chi connectivity index (χ0n) is 7.34. The first-order valence-electron chi connectivity index (χ1n) is 3.38. The van der Waals surface area contributed by atoms with Gasteiger partial charge in [0.15, 0.2) is 21.2 Å². The second kappa shape index (κ2) is 7.14. The number of halogens is 3. The lowest BCUT2D eigenvalue weighted by Gasteiger charge is -1.99. The summed E-state index contributed by atoms with van der Waals surface area (Å²) in [6.45, 7) is 0. The van der Waals surface area contributed by atoms with E-state index in [1.54, 1.807) is 6.07 Å². The molecule has 6 nitrogen and oxygen atoms in total. The molecular formula is C6H6Br2IO6P. The second-order valence-electron chi connectivity index (χ2n) is 2.31. The Morgan fingerprint density at radius 2 is 1.62 bits per heavy atom. The van der Waals surface area contributed by atoms with Crippen LogP contribution in [0.15, 0.2) is 21.1 Å². The summed E-state index contributed by atoms with van der Waals surface area (Å²) >= 11 is 5.08. The summed E-state index contributed by atoms with van der Waals surface area (Å²) in [5.74, 6) is 0.0778. The van der Waals surface area contributed by atoms with Gasteiger partial charge in [-0.2, -0.15) is 0 Å². The topological polar surface area (TPSA) is 115 Å². The highest BCUT2D eigenvalue weighted by Crippen LogP contribution is 2.33. The Morgan fingerprint density at radius 3 is 1.94 bits per heavy atom. The zero-order chi connectivity index (χ0) is 12.9. The molecule has 16 heavy (non-hydrogen) atoms. The Bertz CT molecular complexity index is 402. The lowest BCUT2D eigenvalue weighted by Crippen LogP contribution is -1.77. The van der Waals surface area contributed by atoms with Crippen LogP contribution in [0.5, 0.6) is 5.75 Å². The number of aromatic hydroxyl groups is 1. The summed E-state index contributed by atoms with van der Waals surface area (Å²) in [5.41, 5.74) is 0. The molecular weight excluding hydrogens is 486 g/mol. The van der Waals surface area contributed by atoms with Crippen LogP contribution in [0, 0.1) is 3.57 Å². The van der Waals surface area contributed by atoms with Crippen molar-refractivity contribution in [2.24, 2.45) is 0 Å². The average molecular weight is 492 g/mol. The van der Waals surface area contributed by atoms with Gasteiger partial charge >= 0.3 is 7.82 Å².